The van der Waals surface area contributed by atoms with Gasteiger partial charge in [-0.15, -0.1) is 11.3 Å². The van der Waals surface area contributed by atoms with Gasteiger partial charge in [0.15, 0.2) is 0 Å². The Bertz CT molecular complexity index is 474. The normalized spacial score (nSPS) is 14.9. The van der Waals surface area contributed by atoms with Gasteiger partial charge in [0.1, 0.15) is 4.21 Å². The highest BCUT2D eigenvalue weighted by molar-refractivity contribution is 9.11. The molecule has 17 heavy (non-hydrogen) atoms. The number of sulfonamides is 1. The zero-order valence-corrected chi connectivity index (χ0v) is 13.7. The molecular weight excluding hydrogens is 322 g/mol. The molecule has 1 heterocycles. The van der Waals surface area contributed by atoms with Gasteiger partial charge in [0.2, 0.25) is 10.0 Å². The third-order valence-electron chi connectivity index (χ3n) is 2.87. The van der Waals surface area contributed by atoms with Gasteiger partial charge in [-0.3, -0.25) is 0 Å². The molecule has 0 bridgehead atoms. The third-order valence-corrected chi connectivity index (χ3v) is 6.41. The molecule has 0 aromatic carbocycles. The topological polar surface area (TPSA) is 46.2 Å². The summed E-state index contributed by atoms with van der Waals surface area (Å²) in [6, 6.07) is 3.35. The molecule has 0 aliphatic heterocycles. The molecule has 0 saturated carbocycles. The highest BCUT2D eigenvalue weighted by Gasteiger charge is 2.23. The van der Waals surface area contributed by atoms with E-state index in [9.17, 15) is 8.42 Å². The fraction of sp³-hybridized carbons (Fsp3) is 0.636. The van der Waals surface area contributed by atoms with Gasteiger partial charge in [-0.1, -0.05) is 27.7 Å². The maximum absolute atomic E-state index is 12.0. The highest BCUT2D eigenvalue weighted by atomic mass is 79.9. The van der Waals surface area contributed by atoms with E-state index in [1.165, 1.54) is 11.3 Å². The molecule has 1 aromatic rings. The quantitative estimate of drug-likeness (QED) is 0.912. The van der Waals surface area contributed by atoms with Crippen LogP contribution in [0.2, 0.25) is 0 Å². The van der Waals surface area contributed by atoms with E-state index in [0.717, 1.165) is 3.79 Å². The molecule has 1 unspecified atom stereocenters. The van der Waals surface area contributed by atoms with Crippen molar-refractivity contribution in [1.29, 1.82) is 0 Å². The van der Waals surface area contributed by atoms with Crippen molar-refractivity contribution in [3.8, 4) is 0 Å². The first kappa shape index (κ1) is 15.1. The monoisotopic (exact) mass is 339 g/mol. The van der Waals surface area contributed by atoms with Gasteiger partial charge in [-0.05, 0) is 39.4 Å². The van der Waals surface area contributed by atoms with E-state index in [1.54, 1.807) is 12.1 Å². The molecule has 98 valence electrons. The number of rotatable bonds is 4. The first-order valence-corrected chi connectivity index (χ1v) is 8.47. The second-order valence-electron chi connectivity index (χ2n) is 5.18. The Balaban J connectivity index is 2.69. The van der Waals surface area contributed by atoms with Crippen molar-refractivity contribution in [1.82, 2.24) is 4.72 Å². The highest BCUT2D eigenvalue weighted by Crippen LogP contribution is 2.27. The minimum atomic E-state index is -3.36. The molecule has 1 atom stereocenters. The fourth-order valence-corrected chi connectivity index (χ4v) is 4.24. The predicted molar refractivity (Wildman–Crippen MR) is 75.8 cm³/mol. The number of hydrogen-bond acceptors (Lipinski definition) is 3. The molecule has 0 fully saturated rings. The van der Waals surface area contributed by atoms with Crippen molar-refractivity contribution in [3.63, 3.8) is 0 Å². The van der Waals surface area contributed by atoms with E-state index in [0.29, 0.717) is 10.8 Å². The van der Waals surface area contributed by atoms with Crippen molar-refractivity contribution < 1.29 is 8.42 Å². The minimum Gasteiger partial charge on any atom is -0.210 e. The number of halogens is 1. The third kappa shape index (κ3) is 4.35. The average molecular weight is 340 g/mol. The van der Waals surface area contributed by atoms with Crippen LogP contribution in [0.25, 0.3) is 0 Å². The Morgan fingerprint density at radius 3 is 2.41 bits per heavy atom. The molecule has 0 aliphatic carbocycles. The van der Waals surface area contributed by atoms with Crippen molar-refractivity contribution in [2.24, 2.45) is 11.3 Å². The Kier molecular flexibility index (Phi) is 4.80. The lowest BCUT2D eigenvalue weighted by atomic mass is 9.82. The summed E-state index contributed by atoms with van der Waals surface area (Å²) in [5.41, 5.74) is 0.0958. The van der Waals surface area contributed by atoms with Crippen LogP contribution >= 0.6 is 27.3 Å². The second-order valence-corrected chi connectivity index (χ2v) is 9.63. The zero-order valence-electron chi connectivity index (χ0n) is 10.5. The largest absolute Gasteiger partial charge is 0.250 e. The molecule has 0 radical (unpaired) electrons. The van der Waals surface area contributed by atoms with Gasteiger partial charge in [0.05, 0.1) is 3.79 Å². The number of nitrogens with one attached hydrogen (secondary N) is 1. The molecule has 0 spiro atoms. The smallest absolute Gasteiger partial charge is 0.210 e. The standard InChI is InChI=1S/C11H18BrNO2S2/c1-8(11(2,3)4)7-13-17(14,15)10-6-5-9(12)16-10/h5-6,8,13H,7H2,1-4H3. The number of thiophene rings is 1. The van der Waals surface area contributed by atoms with Crippen molar-refractivity contribution in [2.75, 3.05) is 6.54 Å². The maximum atomic E-state index is 12.0. The van der Waals surface area contributed by atoms with Crippen LogP contribution in [-0.4, -0.2) is 15.0 Å². The lowest BCUT2D eigenvalue weighted by molar-refractivity contribution is 0.263. The SMILES string of the molecule is CC(CNS(=O)(=O)c1ccc(Br)s1)C(C)(C)C. The van der Waals surface area contributed by atoms with Crippen LogP contribution in [0.3, 0.4) is 0 Å². The van der Waals surface area contributed by atoms with Crippen molar-refractivity contribution in [2.45, 2.75) is 31.9 Å². The van der Waals surface area contributed by atoms with E-state index >= 15 is 0 Å². The van der Waals surface area contributed by atoms with Gasteiger partial charge >= 0.3 is 0 Å². The summed E-state index contributed by atoms with van der Waals surface area (Å²) in [5, 5.41) is 0. The lowest BCUT2D eigenvalue weighted by Gasteiger charge is -2.27. The Labute approximate surface area is 116 Å². The van der Waals surface area contributed by atoms with Crippen LogP contribution in [0.1, 0.15) is 27.7 Å². The van der Waals surface area contributed by atoms with E-state index < -0.39 is 10.0 Å². The van der Waals surface area contributed by atoms with Gasteiger partial charge in [0, 0.05) is 6.54 Å². The van der Waals surface area contributed by atoms with Crippen LogP contribution in [0.4, 0.5) is 0 Å². The summed E-state index contributed by atoms with van der Waals surface area (Å²) in [6.07, 6.45) is 0. The molecule has 0 saturated heterocycles. The predicted octanol–water partition coefficient (Wildman–Crippen LogP) is 3.47. The summed E-state index contributed by atoms with van der Waals surface area (Å²) in [6.45, 7) is 8.82. The Hall–Kier alpha value is 0.0900. The van der Waals surface area contributed by atoms with Crippen molar-refractivity contribution in [3.05, 3.63) is 15.9 Å². The minimum absolute atomic E-state index is 0.0958. The lowest BCUT2D eigenvalue weighted by Crippen LogP contribution is -2.33. The van der Waals surface area contributed by atoms with Crippen molar-refractivity contribution >= 4 is 37.3 Å². The summed E-state index contributed by atoms with van der Waals surface area (Å²) >= 11 is 4.48. The first-order chi connectivity index (χ1) is 7.63. The molecule has 3 nitrogen and oxygen atoms in total. The summed E-state index contributed by atoms with van der Waals surface area (Å²) in [5.74, 6) is 0.278. The average Bonchev–Trinajstić information content (AvgIpc) is 2.60. The summed E-state index contributed by atoms with van der Waals surface area (Å²) in [7, 11) is -3.36. The summed E-state index contributed by atoms with van der Waals surface area (Å²) in [4.78, 5) is 0. The van der Waals surface area contributed by atoms with Crippen LogP contribution in [0.5, 0.6) is 0 Å². The van der Waals surface area contributed by atoms with E-state index in [-0.39, 0.29) is 11.3 Å². The van der Waals surface area contributed by atoms with Gasteiger partial charge < -0.3 is 0 Å². The van der Waals surface area contributed by atoms with Gasteiger partial charge in [-0.2, -0.15) is 0 Å². The van der Waals surface area contributed by atoms with Crippen LogP contribution < -0.4 is 4.72 Å². The van der Waals surface area contributed by atoms with E-state index in [4.69, 9.17) is 0 Å². The molecule has 6 heteroatoms. The molecule has 1 N–H and O–H groups in total. The zero-order chi connectivity index (χ0) is 13.3. The Morgan fingerprint density at radius 1 is 1.41 bits per heavy atom. The second kappa shape index (κ2) is 5.38. The molecule has 0 amide bonds. The molecule has 1 aromatic heterocycles. The van der Waals surface area contributed by atoms with Gasteiger partial charge in [-0.25, -0.2) is 13.1 Å². The molecular formula is C11H18BrNO2S2. The Morgan fingerprint density at radius 2 is 2.00 bits per heavy atom. The number of hydrogen-bond donors (Lipinski definition) is 1. The molecule has 1 rings (SSSR count). The summed E-state index contributed by atoms with van der Waals surface area (Å²) < 4.78 is 27.7. The van der Waals surface area contributed by atoms with Crippen LogP contribution in [-0.2, 0) is 10.0 Å². The van der Waals surface area contributed by atoms with E-state index in [1.807, 2.05) is 6.92 Å². The van der Waals surface area contributed by atoms with Crippen LogP contribution in [0.15, 0.2) is 20.1 Å². The van der Waals surface area contributed by atoms with Crippen LogP contribution in [0, 0.1) is 11.3 Å². The maximum Gasteiger partial charge on any atom is 0.250 e. The van der Waals surface area contributed by atoms with E-state index in [2.05, 4.69) is 41.4 Å². The van der Waals surface area contributed by atoms with Gasteiger partial charge in [0.25, 0.3) is 0 Å². The first-order valence-electron chi connectivity index (χ1n) is 5.38. The molecule has 0 aliphatic rings. The fourth-order valence-electron chi connectivity index (χ4n) is 1.05.